The van der Waals surface area contributed by atoms with Crippen molar-refractivity contribution in [1.29, 1.82) is 0 Å². The average molecular weight is 288 g/mol. The number of carbonyl (C=O) groups excluding carboxylic acids is 1. The van der Waals surface area contributed by atoms with Gasteiger partial charge >= 0.3 is 0 Å². The Labute approximate surface area is 111 Å². The minimum Gasteiger partial charge on any atom is -0.351 e. The number of sulfone groups is 1. The Morgan fingerprint density at radius 2 is 2.00 bits per heavy atom. The molecule has 0 radical (unpaired) electrons. The molecule has 1 aromatic rings. The van der Waals surface area contributed by atoms with Crippen LogP contribution in [0.1, 0.15) is 17.4 Å². The third-order valence-electron chi connectivity index (χ3n) is 2.90. The van der Waals surface area contributed by atoms with Gasteiger partial charge in [0.15, 0.2) is 9.84 Å². The van der Waals surface area contributed by atoms with Crippen LogP contribution >= 0.6 is 11.6 Å². The number of hydrogen-bond donors (Lipinski definition) is 1. The van der Waals surface area contributed by atoms with E-state index in [1.165, 1.54) is 0 Å². The van der Waals surface area contributed by atoms with Crippen molar-refractivity contribution in [2.24, 2.45) is 0 Å². The molecule has 0 spiro atoms. The lowest BCUT2D eigenvalue weighted by molar-refractivity contribution is -0.121. The third-order valence-corrected chi connectivity index (χ3v) is 5.12. The van der Waals surface area contributed by atoms with E-state index in [9.17, 15) is 13.2 Å². The molecular formula is C12H14ClNO3S. The maximum absolute atomic E-state index is 11.9. The second-order valence-electron chi connectivity index (χ2n) is 4.38. The maximum atomic E-state index is 11.9. The second-order valence-corrected chi connectivity index (χ2v) is 7.05. The lowest BCUT2D eigenvalue weighted by Crippen LogP contribution is -2.37. The Kier molecular flexibility index (Phi) is 3.92. The highest BCUT2D eigenvalue weighted by atomic mass is 35.5. The van der Waals surface area contributed by atoms with Crippen molar-refractivity contribution in [2.75, 3.05) is 11.5 Å². The van der Waals surface area contributed by atoms with Gasteiger partial charge in [-0.2, -0.15) is 0 Å². The predicted molar refractivity (Wildman–Crippen MR) is 70.2 cm³/mol. The molecule has 1 amide bonds. The lowest BCUT2D eigenvalue weighted by Gasteiger charge is -2.14. The zero-order valence-electron chi connectivity index (χ0n) is 9.67. The summed E-state index contributed by atoms with van der Waals surface area (Å²) in [5, 5.41) is 1.90. The van der Waals surface area contributed by atoms with E-state index in [4.69, 9.17) is 11.6 Å². The van der Waals surface area contributed by atoms with Crippen LogP contribution in [0.15, 0.2) is 30.3 Å². The molecule has 6 heteroatoms. The average Bonchev–Trinajstić information content (AvgIpc) is 2.68. The fourth-order valence-electron chi connectivity index (χ4n) is 1.96. The van der Waals surface area contributed by atoms with Crippen molar-refractivity contribution in [3.05, 3.63) is 35.9 Å². The summed E-state index contributed by atoms with van der Waals surface area (Å²) in [5.41, 5.74) is 0.706. The van der Waals surface area contributed by atoms with Gasteiger partial charge in [0.2, 0.25) is 5.91 Å². The largest absolute Gasteiger partial charge is 0.351 e. The summed E-state index contributed by atoms with van der Waals surface area (Å²) in [6, 6.07) is 8.67. The van der Waals surface area contributed by atoms with Crippen LogP contribution in [0.25, 0.3) is 0 Å². The van der Waals surface area contributed by atoms with E-state index in [2.05, 4.69) is 5.32 Å². The van der Waals surface area contributed by atoms with Gasteiger partial charge < -0.3 is 5.32 Å². The van der Waals surface area contributed by atoms with Crippen molar-refractivity contribution in [2.45, 2.75) is 17.8 Å². The molecule has 2 unspecified atom stereocenters. The molecule has 0 aromatic heterocycles. The van der Waals surface area contributed by atoms with Crippen LogP contribution in [0, 0.1) is 0 Å². The summed E-state index contributed by atoms with van der Waals surface area (Å²) >= 11 is 6.04. The molecule has 18 heavy (non-hydrogen) atoms. The minimum atomic E-state index is -2.99. The first-order valence-corrected chi connectivity index (χ1v) is 7.93. The lowest BCUT2D eigenvalue weighted by atomic mass is 10.1. The summed E-state index contributed by atoms with van der Waals surface area (Å²) in [5.74, 6) is -0.196. The van der Waals surface area contributed by atoms with E-state index in [1.54, 1.807) is 24.3 Å². The first kappa shape index (κ1) is 13.4. The van der Waals surface area contributed by atoms with Gasteiger partial charge in [-0.1, -0.05) is 30.3 Å². The van der Waals surface area contributed by atoms with Gasteiger partial charge in [-0.15, -0.1) is 11.6 Å². The molecule has 1 fully saturated rings. The van der Waals surface area contributed by atoms with E-state index >= 15 is 0 Å². The smallest absolute Gasteiger partial charge is 0.242 e. The highest BCUT2D eigenvalue weighted by Crippen LogP contribution is 2.21. The van der Waals surface area contributed by atoms with Crippen LogP contribution in [0.3, 0.4) is 0 Å². The molecule has 1 N–H and O–H groups in total. The van der Waals surface area contributed by atoms with Crippen molar-refractivity contribution in [1.82, 2.24) is 5.32 Å². The quantitative estimate of drug-likeness (QED) is 0.852. The highest BCUT2D eigenvalue weighted by molar-refractivity contribution is 7.91. The number of rotatable bonds is 3. The van der Waals surface area contributed by atoms with Gasteiger partial charge in [0, 0.05) is 6.04 Å². The maximum Gasteiger partial charge on any atom is 0.242 e. The predicted octanol–water partition coefficient (Wildman–Crippen LogP) is 1.27. The molecule has 0 saturated carbocycles. The van der Waals surface area contributed by atoms with Crippen LogP contribution < -0.4 is 5.32 Å². The van der Waals surface area contributed by atoms with Crippen molar-refractivity contribution >= 4 is 27.3 Å². The number of alkyl halides is 1. The fourth-order valence-corrected chi connectivity index (χ4v) is 3.84. The third kappa shape index (κ3) is 3.23. The van der Waals surface area contributed by atoms with E-state index in [0.29, 0.717) is 12.0 Å². The van der Waals surface area contributed by atoms with Crippen LogP contribution in [0.2, 0.25) is 0 Å². The molecule has 2 atom stereocenters. The molecular weight excluding hydrogens is 274 g/mol. The van der Waals surface area contributed by atoms with Gasteiger partial charge in [0.1, 0.15) is 5.38 Å². The molecule has 0 bridgehead atoms. The van der Waals surface area contributed by atoms with Crippen LogP contribution in [-0.4, -0.2) is 31.9 Å². The van der Waals surface area contributed by atoms with Gasteiger partial charge in [-0.05, 0) is 12.0 Å². The van der Waals surface area contributed by atoms with Crippen molar-refractivity contribution in [3.8, 4) is 0 Å². The minimum absolute atomic E-state index is 0.0111. The second kappa shape index (κ2) is 5.28. The number of halogens is 1. The Bertz CT molecular complexity index is 530. The molecule has 1 heterocycles. The number of nitrogens with one attached hydrogen (secondary N) is 1. The molecule has 2 rings (SSSR count). The van der Waals surface area contributed by atoms with Crippen LogP contribution in [-0.2, 0) is 14.6 Å². The first-order chi connectivity index (χ1) is 8.48. The van der Waals surface area contributed by atoms with E-state index in [1.807, 2.05) is 6.07 Å². The summed E-state index contributed by atoms with van der Waals surface area (Å²) in [6.07, 6.45) is 0.465. The first-order valence-electron chi connectivity index (χ1n) is 5.68. The van der Waals surface area contributed by atoms with E-state index in [-0.39, 0.29) is 23.5 Å². The van der Waals surface area contributed by atoms with E-state index in [0.717, 1.165) is 0 Å². The molecule has 98 valence electrons. The summed E-state index contributed by atoms with van der Waals surface area (Å²) < 4.78 is 22.6. The Hall–Kier alpha value is -1.07. The standard InChI is InChI=1S/C12H14ClNO3S/c13-11(9-4-2-1-3-5-9)12(15)14-10-6-7-18(16,17)8-10/h1-5,10-11H,6-8H2,(H,14,15). The van der Waals surface area contributed by atoms with Gasteiger partial charge in [0.25, 0.3) is 0 Å². The molecule has 4 nitrogen and oxygen atoms in total. The number of hydrogen-bond acceptors (Lipinski definition) is 3. The Morgan fingerprint density at radius 1 is 1.33 bits per heavy atom. The Balaban J connectivity index is 1.97. The fraction of sp³-hybridized carbons (Fsp3) is 0.417. The molecule has 1 aromatic carbocycles. The van der Waals surface area contributed by atoms with Crippen LogP contribution in [0.5, 0.6) is 0 Å². The van der Waals surface area contributed by atoms with Crippen molar-refractivity contribution < 1.29 is 13.2 Å². The SMILES string of the molecule is O=C(NC1CCS(=O)(=O)C1)C(Cl)c1ccccc1. The molecule has 1 saturated heterocycles. The van der Waals surface area contributed by atoms with E-state index < -0.39 is 15.2 Å². The topological polar surface area (TPSA) is 63.2 Å². The molecule has 1 aliphatic heterocycles. The summed E-state index contributed by atoms with van der Waals surface area (Å²) in [4.78, 5) is 11.9. The number of amides is 1. The summed E-state index contributed by atoms with van der Waals surface area (Å²) in [7, 11) is -2.99. The normalized spacial score (nSPS) is 23.5. The van der Waals surface area contributed by atoms with Gasteiger partial charge in [0.05, 0.1) is 11.5 Å². The summed E-state index contributed by atoms with van der Waals surface area (Å²) in [6.45, 7) is 0. The Morgan fingerprint density at radius 3 is 2.56 bits per heavy atom. The number of benzene rings is 1. The van der Waals surface area contributed by atoms with Gasteiger partial charge in [-0.25, -0.2) is 8.42 Å². The molecule has 0 aliphatic carbocycles. The van der Waals surface area contributed by atoms with Crippen molar-refractivity contribution in [3.63, 3.8) is 0 Å². The van der Waals surface area contributed by atoms with Gasteiger partial charge in [-0.3, -0.25) is 4.79 Å². The monoisotopic (exact) mass is 287 g/mol. The zero-order valence-corrected chi connectivity index (χ0v) is 11.2. The zero-order chi connectivity index (χ0) is 13.2. The number of carbonyl (C=O) groups is 1. The van der Waals surface area contributed by atoms with Crippen LogP contribution in [0.4, 0.5) is 0 Å². The highest BCUT2D eigenvalue weighted by Gasteiger charge is 2.30. The molecule has 1 aliphatic rings.